The Balaban J connectivity index is 2.63. The third-order valence-electron chi connectivity index (χ3n) is 3.96. The molecule has 23 heavy (non-hydrogen) atoms. The van der Waals surface area contributed by atoms with Gasteiger partial charge in [-0.1, -0.05) is 13.3 Å². The molecule has 0 saturated carbocycles. The summed E-state index contributed by atoms with van der Waals surface area (Å²) in [5, 5.41) is 1.88. The van der Waals surface area contributed by atoms with Gasteiger partial charge in [0.05, 0.1) is 0 Å². The fraction of sp³-hybridized carbons (Fsp3) is 0.857. The summed E-state index contributed by atoms with van der Waals surface area (Å²) < 4.78 is 41.6. The molecule has 1 heterocycles. The summed E-state index contributed by atoms with van der Waals surface area (Å²) >= 11 is 0. The number of carbonyl (C=O) groups excluding carboxylic acids is 2. The lowest BCUT2D eigenvalue weighted by Crippen LogP contribution is -2.43. The maximum Gasteiger partial charge on any atom is 0.405 e. The smallest absolute Gasteiger partial charge is 0.405 e. The number of halogens is 3. The molecule has 0 radical (unpaired) electrons. The second-order valence-electron chi connectivity index (χ2n) is 6.49. The van der Waals surface area contributed by atoms with E-state index in [-0.39, 0.29) is 11.8 Å². The first kappa shape index (κ1) is 19.4. The van der Waals surface area contributed by atoms with Gasteiger partial charge in [-0.25, -0.2) is 9.59 Å². The Kier molecular flexibility index (Phi) is 6.12. The van der Waals surface area contributed by atoms with Crippen LogP contribution in [0.3, 0.4) is 0 Å². The average molecular weight is 339 g/mol. The van der Waals surface area contributed by atoms with Crippen molar-refractivity contribution in [1.29, 1.82) is 0 Å². The summed E-state index contributed by atoms with van der Waals surface area (Å²) in [4.78, 5) is 24.1. The molecule has 134 valence electrons. The van der Waals surface area contributed by atoms with Gasteiger partial charge in [0.15, 0.2) is 0 Å². The summed E-state index contributed by atoms with van der Waals surface area (Å²) in [6, 6.07) is -0.725. The van der Waals surface area contributed by atoms with Crippen molar-refractivity contribution in [3.05, 3.63) is 0 Å². The maximum atomic E-state index is 12.2. The van der Waals surface area contributed by atoms with E-state index in [1.54, 1.807) is 13.8 Å². The van der Waals surface area contributed by atoms with Crippen LogP contribution in [-0.4, -0.2) is 48.4 Å². The van der Waals surface area contributed by atoms with Crippen molar-refractivity contribution in [1.82, 2.24) is 10.2 Å². The molecule has 1 fully saturated rings. The molecule has 9 heteroatoms. The predicted octanol–water partition coefficient (Wildman–Crippen LogP) is 2.48. The number of urea groups is 1. The van der Waals surface area contributed by atoms with Gasteiger partial charge in [-0.05, 0) is 32.1 Å². The van der Waals surface area contributed by atoms with E-state index in [4.69, 9.17) is 10.5 Å². The number of nitrogens with two attached hydrogens (primary N) is 1. The molecular weight excluding hydrogens is 315 g/mol. The third kappa shape index (κ3) is 6.54. The maximum absolute atomic E-state index is 12.2. The van der Waals surface area contributed by atoms with Crippen LogP contribution in [0.15, 0.2) is 0 Å². The fourth-order valence-corrected chi connectivity index (χ4v) is 3.03. The van der Waals surface area contributed by atoms with Gasteiger partial charge < -0.3 is 20.7 Å². The molecule has 0 aromatic rings. The molecule has 0 bridgehead atoms. The zero-order chi connectivity index (χ0) is 17.8. The number of alkyl halides is 3. The highest BCUT2D eigenvalue weighted by Crippen LogP contribution is 2.33. The molecule has 3 amide bonds. The minimum absolute atomic E-state index is 0.0333. The van der Waals surface area contributed by atoms with Crippen LogP contribution in [0.4, 0.5) is 22.8 Å². The van der Waals surface area contributed by atoms with Crippen molar-refractivity contribution in [2.75, 3.05) is 19.6 Å². The van der Waals surface area contributed by atoms with Crippen LogP contribution in [0.2, 0.25) is 0 Å². The monoisotopic (exact) mass is 339 g/mol. The van der Waals surface area contributed by atoms with Crippen LogP contribution in [0.5, 0.6) is 0 Å². The van der Waals surface area contributed by atoms with Crippen molar-refractivity contribution in [2.45, 2.75) is 45.4 Å². The topological polar surface area (TPSA) is 84.7 Å². The first-order chi connectivity index (χ1) is 10.4. The van der Waals surface area contributed by atoms with E-state index in [0.717, 1.165) is 6.42 Å². The summed E-state index contributed by atoms with van der Waals surface area (Å²) in [5.74, 6) is 0.174. The number of carbonyl (C=O) groups is 2. The lowest BCUT2D eigenvalue weighted by Gasteiger charge is -2.29. The summed E-state index contributed by atoms with van der Waals surface area (Å²) in [7, 11) is 0. The van der Waals surface area contributed by atoms with E-state index in [1.165, 1.54) is 4.90 Å². The Morgan fingerprint density at radius 3 is 2.30 bits per heavy atom. The number of primary amides is 1. The van der Waals surface area contributed by atoms with Crippen LogP contribution in [0.1, 0.15) is 33.6 Å². The lowest BCUT2D eigenvalue weighted by atomic mass is 9.84. The van der Waals surface area contributed by atoms with Crippen LogP contribution in [0, 0.1) is 11.8 Å². The van der Waals surface area contributed by atoms with Gasteiger partial charge in [-0.15, -0.1) is 0 Å². The first-order valence-corrected chi connectivity index (χ1v) is 7.51. The van der Waals surface area contributed by atoms with Crippen LogP contribution in [-0.2, 0) is 4.74 Å². The van der Waals surface area contributed by atoms with E-state index in [1.807, 2.05) is 12.2 Å². The molecule has 1 rings (SSSR count). The molecular formula is C14H24F3N3O3. The van der Waals surface area contributed by atoms with Crippen LogP contribution in [0.25, 0.3) is 0 Å². The van der Waals surface area contributed by atoms with Crippen LogP contribution < -0.4 is 11.1 Å². The van der Waals surface area contributed by atoms with Gasteiger partial charge in [0, 0.05) is 13.1 Å². The second kappa shape index (κ2) is 7.27. The molecule has 0 aromatic heterocycles. The molecule has 2 atom stereocenters. The van der Waals surface area contributed by atoms with Gasteiger partial charge in [-0.2, -0.15) is 13.2 Å². The summed E-state index contributed by atoms with van der Waals surface area (Å²) in [6.07, 6.45) is -4.05. The number of hydrogen-bond acceptors (Lipinski definition) is 3. The molecule has 3 N–H and O–H groups in total. The normalized spacial score (nSPS) is 22.1. The largest absolute Gasteiger partial charge is 0.444 e. The average Bonchev–Trinajstić information content (AvgIpc) is 2.75. The first-order valence-electron chi connectivity index (χ1n) is 7.51. The highest BCUT2D eigenvalue weighted by Gasteiger charge is 2.39. The molecule has 0 aromatic carbocycles. The Hall–Kier alpha value is -1.67. The van der Waals surface area contributed by atoms with E-state index >= 15 is 0 Å². The van der Waals surface area contributed by atoms with Crippen molar-refractivity contribution in [3.63, 3.8) is 0 Å². The zero-order valence-electron chi connectivity index (χ0n) is 13.6. The molecule has 6 nitrogen and oxygen atoms in total. The van der Waals surface area contributed by atoms with E-state index < -0.39 is 30.4 Å². The van der Waals surface area contributed by atoms with Crippen molar-refractivity contribution in [3.8, 4) is 0 Å². The molecule has 1 aliphatic heterocycles. The van der Waals surface area contributed by atoms with Gasteiger partial charge in [0.25, 0.3) is 0 Å². The molecule has 0 aliphatic carbocycles. The fourth-order valence-electron chi connectivity index (χ4n) is 3.03. The van der Waals surface area contributed by atoms with Crippen LogP contribution >= 0.6 is 0 Å². The Morgan fingerprint density at radius 1 is 1.26 bits per heavy atom. The Morgan fingerprint density at radius 2 is 1.83 bits per heavy atom. The minimum atomic E-state index is -4.43. The number of ether oxygens (including phenoxy) is 1. The quantitative estimate of drug-likeness (QED) is 0.807. The van der Waals surface area contributed by atoms with Gasteiger partial charge in [0.1, 0.15) is 12.1 Å². The lowest BCUT2D eigenvalue weighted by molar-refractivity contribution is -0.123. The number of nitrogens with zero attached hydrogens (tertiary/aromatic N) is 1. The van der Waals surface area contributed by atoms with Crippen molar-refractivity contribution in [2.24, 2.45) is 17.6 Å². The number of nitrogens with one attached hydrogen (secondary N) is 1. The van der Waals surface area contributed by atoms with Gasteiger partial charge >= 0.3 is 18.3 Å². The number of amides is 3. The minimum Gasteiger partial charge on any atom is -0.444 e. The molecule has 0 spiro atoms. The molecule has 1 saturated heterocycles. The predicted molar refractivity (Wildman–Crippen MR) is 77.7 cm³/mol. The summed E-state index contributed by atoms with van der Waals surface area (Å²) in [6.45, 7) is 4.76. The van der Waals surface area contributed by atoms with Gasteiger partial charge in [0.2, 0.25) is 0 Å². The highest BCUT2D eigenvalue weighted by molar-refractivity contribution is 5.74. The van der Waals surface area contributed by atoms with Crippen molar-refractivity contribution < 1.29 is 27.5 Å². The number of rotatable bonds is 5. The van der Waals surface area contributed by atoms with Gasteiger partial charge in [-0.3, -0.25) is 0 Å². The Labute approximate surface area is 133 Å². The SMILES string of the molecule is CC[C@H]1CN(C(=O)NCC(F)(F)F)C[C@H]1CC(C)(C)OC(N)=O. The van der Waals surface area contributed by atoms with Crippen molar-refractivity contribution >= 4 is 12.1 Å². The molecule has 0 unspecified atom stereocenters. The molecule has 1 aliphatic rings. The Bertz CT molecular complexity index is 441. The summed E-state index contributed by atoms with van der Waals surface area (Å²) in [5.41, 5.74) is 4.24. The second-order valence-corrected chi connectivity index (χ2v) is 6.49. The van der Waals surface area contributed by atoms with E-state index in [2.05, 4.69) is 0 Å². The zero-order valence-corrected chi connectivity index (χ0v) is 13.6. The number of likely N-dealkylation sites (tertiary alicyclic amines) is 1. The third-order valence-corrected chi connectivity index (χ3v) is 3.96. The standard InChI is InChI=1S/C14H24F3N3O3/c1-4-9-6-20(12(22)19-8-14(15,16)17)7-10(9)5-13(2,3)23-11(18)21/h9-10H,4-8H2,1-3H3,(H2,18,21)(H,19,22)/t9-,10+/m0/s1. The van der Waals surface area contributed by atoms with E-state index in [9.17, 15) is 22.8 Å². The van der Waals surface area contributed by atoms with E-state index in [0.29, 0.717) is 19.5 Å². The number of hydrogen-bond donors (Lipinski definition) is 2. The highest BCUT2D eigenvalue weighted by atomic mass is 19.4.